The fraction of sp³-hybridized carbons (Fsp3) is 0.182. The Morgan fingerprint density at radius 1 is 1.09 bits per heavy atom. The number of aromatic nitrogens is 3. The molecule has 0 spiro atoms. The van der Waals surface area contributed by atoms with Crippen LogP contribution in [0.2, 0.25) is 0 Å². The highest BCUT2D eigenvalue weighted by atomic mass is 19.4. The van der Waals surface area contributed by atoms with Crippen LogP contribution in [0.5, 0.6) is 11.6 Å². The van der Waals surface area contributed by atoms with Crippen molar-refractivity contribution >= 4 is 16.7 Å². The molecule has 0 saturated heterocycles. The summed E-state index contributed by atoms with van der Waals surface area (Å²) in [4.78, 5) is 19.4. The van der Waals surface area contributed by atoms with Gasteiger partial charge in [-0.05, 0) is 42.0 Å². The minimum Gasteiger partial charge on any atom is -0.493 e. The first kappa shape index (κ1) is 21.3. The van der Waals surface area contributed by atoms with Crippen LogP contribution in [0, 0.1) is 0 Å². The van der Waals surface area contributed by atoms with E-state index in [-0.39, 0.29) is 18.1 Å². The quantitative estimate of drug-likeness (QED) is 0.506. The molecule has 1 N–H and O–H groups in total. The molecule has 2 aromatic heterocycles. The molecule has 0 aliphatic heterocycles. The summed E-state index contributed by atoms with van der Waals surface area (Å²) in [5, 5.41) is 11.2. The predicted octanol–water partition coefficient (Wildman–Crippen LogP) is 3.91. The molecule has 4 aromatic rings. The molecule has 4 rings (SSSR count). The SMILES string of the molecule is CN(C)c1cc(Cn2cc(O)n(-c3ccc(OC(F)(F)F)cc3)c2=O)c2ccccc2n1. The van der Waals surface area contributed by atoms with Crippen molar-refractivity contribution in [2.45, 2.75) is 12.9 Å². The Morgan fingerprint density at radius 2 is 1.78 bits per heavy atom. The van der Waals surface area contributed by atoms with Gasteiger partial charge in [0.1, 0.15) is 11.6 Å². The van der Waals surface area contributed by atoms with Crippen molar-refractivity contribution in [2.75, 3.05) is 19.0 Å². The first-order valence-corrected chi connectivity index (χ1v) is 9.56. The lowest BCUT2D eigenvalue weighted by Crippen LogP contribution is -2.24. The van der Waals surface area contributed by atoms with Gasteiger partial charge in [-0.2, -0.15) is 0 Å². The number of alkyl halides is 3. The molecule has 0 saturated carbocycles. The van der Waals surface area contributed by atoms with Gasteiger partial charge in [0, 0.05) is 19.5 Å². The summed E-state index contributed by atoms with van der Waals surface area (Å²) < 4.78 is 43.3. The van der Waals surface area contributed by atoms with Crippen LogP contribution in [-0.4, -0.2) is 39.7 Å². The second-order valence-corrected chi connectivity index (χ2v) is 7.33. The standard InChI is InChI=1S/C22H19F3N4O3/c1-27(2)19-11-14(17-5-3-4-6-18(17)26-19)12-28-13-20(30)29(21(28)31)15-7-9-16(10-8-15)32-22(23,24)25/h3-11,13,30H,12H2,1-2H3. The van der Waals surface area contributed by atoms with Crippen molar-refractivity contribution in [3.05, 3.63) is 76.8 Å². The normalized spacial score (nSPS) is 11.7. The van der Waals surface area contributed by atoms with E-state index in [1.54, 1.807) is 0 Å². The lowest BCUT2D eigenvalue weighted by atomic mass is 10.1. The van der Waals surface area contributed by atoms with Crippen molar-refractivity contribution in [3.8, 4) is 17.3 Å². The molecule has 0 amide bonds. The fourth-order valence-electron chi connectivity index (χ4n) is 3.41. The fourth-order valence-corrected chi connectivity index (χ4v) is 3.41. The van der Waals surface area contributed by atoms with Gasteiger partial charge in [0.15, 0.2) is 0 Å². The molecule has 0 radical (unpaired) electrons. The monoisotopic (exact) mass is 444 g/mol. The average Bonchev–Trinajstić information content (AvgIpc) is 3.00. The summed E-state index contributed by atoms with van der Waals surface area (Å²) in [6, 6.07) is 14.1. The van der Waals surface area contributed by atoms with E-state index in [1.807, 2.05) is 49.3 Å². The van der Waals surface area contributed by atoms with Gasteiger partial charge in [-0.25, -0.2) is 14.3 Å². The molecule has 0 unspecified atom stereocenters. The van der Waals surface area contributed by atoms with Crippen LogP contribution in [0.4, 0.5) is 19.0 Å². The van der Waals surface area contributed by atoms with E-state index in [0.29, 0.717) is 0 Å². The zero-order chi connectivity index (χ0) is 23.0. The van der Waals surface area contributed by atoms with Gasteiger partial charge in [-0.15, -0.1) is 13.2 Å². The highest BCUT2D eigenvalue weighted by molar-refractivity contribution is 5.84. The number of imidazole rings is 1. The van der Waals surface area contributed by atoms with Gasteiger partial charge >= 0.3 is 12.1 Å². The maximum Gasteiger partial charge on any atom is 0.573 e. The molecule has 0 atom stereocenters. The minimum atomic E-state index is -4.82. The van der Waals surface area contributed by atoms with Gasteiger partial charge in [0.25, 0.3) is 0 Å². The summed E-state index contributed by atoms with van der Waals surface area (Å²) in [5.74, 6) is -0.0472. The second kappa shape index (κ2) is 7.95. The molecule has 7 nitrogen and oxygen atoms in total. The third kappa shape index (κ3) is 4.25. The van der Waals surface area contributed by atoms with Crippen LogP contribution in [0.25, 0.3) is 16.6 Å². The number of para-hydroxylation sites is 1. The molecule has 2 heterocycles. The number of rotatable bonds is 5. The Balaban J connectivity index is 1.71. The summed E-state index contributed by atoms with van der Waals surface area (Å²) >= 11 is 0. The van der Waals surface area contributed by atoms with Gasteiger partial charge in [-0.1, -0.05) is 18.2 Å². The molecule has 0 aliphatic rings. The molecule has 0 fully saturated rings. The molecule has 32 heavy (non-hydrogen) atoms. The number of nitrogens with zero attached hydrogens (tertiary/aromatic N) is 4. The number of ether oxygens (including phenoxy) is 1. The number of pyridine rings is 1. The number of hydrogen-bond acceptors (Lipinski definition) is 5. The highest BCUT2D eigenvalue weighted by Gasteiger charge is 2.31. The van der Waals surface area contributed by atoms with E-state index in [4.69, 9.17) is 0 Å². The van der Waals surface area contributed by atoms with Crippen molar-refractivity contribution in [3.63, 3.8) is 0 Å². The maximum atomic E-state index is 13.0. The second-order valence-electron chi connectivity index (χ2n) is 7.33. The summed E-state index contributed by atoms with van der Waals surface area (Å²) in [5.41, 5.74) is 1.26. The number of aromatic hydroxyl groups is 1. The van der Waals surface area contributed by atoms with Crippen LogP contribution in [0.3, 0.4) is 0 Å². The van der Waals surface area contributed by atoms with Crippen LogP contribution >= 0.6 is 0 Å². The Morgan fingerprint density at radius 3 is 2.44 bits per heavy atom. The molecule has 0 bridgehead atoms. The van der Waals surface area contributed by atoms with Gasteiger partial charge in [0.2, 0.25) is 5.88 Å². The van der Waals surface area contributed by atoms with Crippen LogP contribution < -0.4 is 15.3 Å². The van der Waals surface area contributed by atoms with Crippen molar-refractivity contribution in [1.29, 1.82) is 0 Å². The average molecular weight is 444 g/mol. The number of halogens is 3. The molecule has 0 aliphatic carbocycles. The van der Waals surface area contributed by atoms with Gasteiger partial charge < -0.3 is 14.7 Å². The van der Waals surface area contributed by atoms with E-state index < -0.39 is 17.8 Å². The zero-order valence-electron chi connectivity index (χ0n) is 17.2. The van der Waals surface area contributed by atoms with Crippen LogP contribution in [-0.2, 0) is 6.54 Å². The third-order valence-corrected chi connectivity index (χ3v) is 4.85. The molecule has 166 valence electrons. The number of anilines is 1. The maximum absolute atomic E-state index is 13.0. The lowest BCUT2D eigenvalue weighted by Gasteiger charge is -2.15. The summed E-state index contributed by atoms with van der Waals surface area (Å²) in [6.45, 7) is 0.165. The van der Waals surface area contributed by atoms with E-state index in [9.17, 15) is 23.1 Å². The summed E-state index contributed by atoms with van der Waals surface area (Å²) in [6.07, 6.45) is -3.53. The van der Waals surface area contributed by atoms with Crippen LogP contribution in [0.1, 0.15) is 5.56 Å². The molecular weight excluding hydrogens is 425 g/mol. The largest absolute Gasteiger partial charge is 0.573 e. The van der Waals surface area contributed by atoms with E-state index >= 15 is 0 Å². The molecular formula is C22H19F3N4O3. The van der Waals surface area contributed by atoms with Gasteiger partial charge in [0.05, 0.1) is 23.9 Å². The molecule has 2 aromatic carbocycles. The third-order valence-electron chi connectivity index (χ3n) is 4.85. The number of fused-ring (bicyclic) bond motifs is 1. The van der Waals surface area contributed by atoms with E-state index in [2.05, 4.69) is 9.72 Å². The predicted molar refractivity (Wildman–Crippen MR) is 114 cm³/mol. The first-order chi connectivity index (χ1) is 15.1. The Kier molecular flexibility index (Phi) is 5.29. The number of benzene rings is 2. The smallest absolute Gasteiger partial charge is 0.493 e. The van der Waals surface area contributed by atoms with Gasteiger partial charge in [-0.3, -0.25) is 4.57 Å². The van der Waals surface area contributed by atoms with E-state index in [1.165, 1.54) is 22.9 Å². The lowest BCUT2D eigenvalue weighted by molar-refractivity contribution is -0.274. The van der Waals surface area contributed by atoms with Crippen molar-refractivity contribution in [2.24, 2.45) is 0 Å². The highest BCUT2D eigenvalue weighted by Crippen LogP contribution is 2.26. The van der Waals surface area contributed by atoms with Crippen molar-refractivity contribution in [1.82, 2.24) is 14.1 Å². The molecule has 10 heteroatoms. The topological polar surface area (TPSA) is 72.5 Å². The first-order valence-electron chi connectivity index (χ1n) is 9.56. The minimum absolute atomic E-state index is 0.165. The Labute approximate surface area is 180 Å². The summed E-state index contributed by atoms with van der Waals surface area (Å²) in [7, 11) is 3.73. The van der Waals surface area contributed by atoms with Crippen molar-refractivity contribution < 1.29 is 23.0 Å². The number of hydrogen-bond donors (Lipinski definition) is 1. The van der Waals surface area contributed by atoms with Crippen LogP contribution in [0.15, 0.2) is 65.6 Å². The van der Waals surface area contributed by atoms with E-state index in [0.717, 1.165) is 39.0 Å². The Hall–Kier alpha value is -3.95. The zero-order valence-corrected chi connectivity index (χ0v) is 17.2. The Bertz CT molecular complexity index is 1330.